The highest BCUT2D eigenvalue weighted by molar-refractivity contribution is 7.99. The third kappa shape index (κ3) is 6.61. The first-order chi connectivity index (χ1) is 14.8. The summed E-state index contributed by atoms with van der Waals surface area (Å²) in [6, 6.07) is 19.3. The average molecular weight is 423 g/mol. The Morgan fingerprint density at radius 1 is 0.933 bits per heavy atom. The Morgan fingerprint density at radius 2 is 1.73 bits per heavy atom. The fourth-order valence-electron chi connectivity index (χ4n) is 4.27. The number of nitrogens with zero attached hydrogens (tertiary/aromatic N) is 1. The first kappa shape index (κ1) is 21.5. The van der Waals surface area contributed by atoms with Gasteiger partial charge in [0.2, 0.25) is 5.91 Å². The van der Waals surface area contributed by atoms with E-state index in [1.54, 1.807) is 0 Å². The van der Waals surface area contributed by atoms with Crippen LogP contribution in [0.3, 0.4) is 0 Å². The maximum atomic E-state index is 12.0. The van der Waals surface area contributed by atoms with Crippen molar-refractivity contribution in [3.63, 3.8) is 0 Å². The van der Waals surface area contributed by atoms with Crippen LogP contribution in [0.2, 0.25) is 0 Å². The maximum absolute atomic E-state index is 12.0. The van der Waals surface area contributed by atoms with Crippen LogP contribution in [-0.4, -0.2) is 36.2 Å². The molecule has 2 fully saturated rings. The summed E-state index contributed by atoms with van der Waals surface area (Å²) >= 11 is 1.97. The number of nitrogens with one attached hydrogen (secondary N) is 1. The largest absolute Gasteiger partial charge is 0.326 e. The van der Waals surface area contributed by atoms with Gasteiger partial charge in [-0.2, -0.15) is 0 Å². The van der Waals surface area contributed by atoms with E-state index in [1.807, 2.05) is 17.8 Å². The summed E-state index contributed by atoms with van der Waals surface area (Å²) in [5, 5.41) is 3.10. The molecular weight excluding hydrogens is 388 g/mol. The van der Waals surface area contributed by atoms with Crippen LogP contribution >= 0.6 is 11.8 Å². The van der Waals surface area contributed by atoms with E-state index in [1.165, 1.54) is 68.0 Å². The number of benzene rings is 2. The van der Waals surface area contributed by atoms with Gasteiger partial charge in [-0.25, -0.2) is 0 Å². The molecule has 1 N–H and O–H groups in total. The summed E-state index contributed by atoms with van der Waals surface area (Å²) in [4.78, 5) is 16.0. The van der Waals surface area contributed by atoms with E-state index >= 15 is 0 Å². The van der Waals surface area contributed by atoms with Crippen molar-refractivity contribution in [3.8, 4) is 0 Å². The van der Waals surface area contributed by atoms with Crippen LogP contribution in [0.5, 0.6) is 0 Å². The number of piperidine rings is 1. The molecule has 1 amide bonds. The molecule has 0 unspecified atom stereocenters. The highest BCUT2D eigenvalue weighted by Gasteiger charge is 2.29. The first-order valence-electron chi connectivity index (χ1n) is 11.6. The predicted molar refractivity (Wildman–Crippen MR) is 127 cm³/mol. The summed E-state index contributed by atoms with van der Waals surface area (Å²) in [6.45, 7) is 3.63. The van der Waals surface area contributed by atoms with E-state index in [-0.39, 0.29) is 11.8 Å². The molecule has 160 valence electrons. The minimum atomic E-state index is 0.198. The quantitative estimate of drug-likeness (QED) is 0.367. The van der Waals surface area contributed by atoms with Gasteiger partial charge in [0.05, 0.1) is 0 Å². The van der Waals surface area contributed by atoms with Gasteiger partial charge in [0, 0.05) is 16.5 Å². The molecule has 0 spiro atoms. The van der Waals surface area contributed by atoms with Crippen LogP contribution in [0, 0.1) is 5.92 Å². The predicted octanol–water partition coefficient (Wildman–Crippen LogP) is 6.18. The fraction of sp³-hybridized carbons (Fsp3) is 0.500. The number of unbranched alkanes of at least 4 members (excludes halogenated alkanes) is 2. The van der Waals surface area contributed by atoms with Crippen molar-refractivity contribution in [1.82, 2.24) is 4.90 Å². The lowest BCUT2D eigenvalue weighted by molar-refractivity contribution is -0.117. The summed E-state index contributed by atoms with van der Waals surface area (Å²) in [6.07, 6.45) is 8.49. The summed E-state index contributed by atoms with van der Waals surface area (Å²) in [7, 11) is 0. The monoisotopic (exact) mass is 422 g/mol. The molecule has 0 radical (unpaired) electrons. The zero-order valence-electron chi connectivity index (χ0n) is 17.9. The Labute approximate surface area is 185 Å². The Balaban J connectivity index is 1.12. The molecule has 0 atom stereocenters. The van der Waals surface area contributed by atoms with Crippen LogP contribution in [0.25, 0.3) is 0 Å². The van der Waals surface area contributed by atoms with E-state index in [9.17, 15) is 4.79 Å². The number of amides is 1. The van der Waals surface area contributed by atoms with Gasteiger partial charge in [0.15, 0.2) is 0 Å². The van der Waals surface area contributed by atoms with E-state index in [0.717, 1.165) is 18.5 Å². The molecule has 1 aliphatic heterocycles. The number of likely N-dealkylation sites (tertiary alicyclic amines) is 1. The van der Waals surface area contributed by atoms with Crippen LogP contribution in [0.4, 0.5) is 5.69 Å². The molecule has 1 saturated heterocycles. The molecule has 1 heterocycles. The van der Waals surface area contributed by atoms with E-state index in [0.29, 0.717) is 5.92 Å². The van der Waals surface area contributed by atoms with Gasteiger partial charge >= 0.3 is 0 Å². The maximum Gasteiger partial charge on any atom is 0.227 e. The molecule has 2 aromatic rings. The first-order valence-corrected chi connectivity index (χ1v) is 12.6. The molecule has 0 bridgehead atoms. The third-order valence-electron chi connectivity index (χ3n) is 6.29. The average Bonchev–Trinajstić information content (AvgIpc) is 3.63. The van der Waals surface area contributed by atoms with Crippen molar-refractivity contribution in [2.45, 2.75) is 55.8 Å². The Bertz CT molecular complexity index is 798. The van der Waals surface area contributed by atoms with Crippen molar-refractivity contribution < 1.29 is 4.79 Å². The lowest BCUT2D eigenvalue weighted by atomic mass is 9.89. The SMILES string of the molecule is O=C(Nc1cccc(C2CCN(CCCCCSc3ccccc3)CC2)c1)C1CC1. The summed E-state index contributed by atoms with van der Waals surface area (Å²) < 4.78 is 0. The molecule has 30 heavy (non-hydrogen) atoms. The number of rotatable bonds is 10. The molecule has 4 rings (SSSR count). The van der Waals surface area contributed by atoms with E-state index < -0.39 is 0 Å². The van der Waals surface area contributed by atoms with Gasteiger partial charge < -0.3 is 10.2 Å². The van der Waals surface area contributed by atoms with E-state index in [2.05, 4.69) is 58.7 Å². The minimum absolute atomic E-state index is 0.198. The molecule has 4 heteroatoms. The Morgan fingerprint density at radius 3 is 2.50 bits per heavy atom. The summed E-state index contributed by atoms with van der Waals surface area (Å²) in [5.41, 5.74) is 2.36. The number of carbonyl (C=O) groups excluding carboxylic acids is 1. The minimum Gasteiger partial charge on any atom is -0.326 e. The highest BCUT2D eigenvalue weighted by atomic mass is 32.2. The van der Waals surface area contributed by atoms with Gasteiger partial charge in [0.25, 0.3) is 0 Å². The number of carbonyl (C=O) groups is 1. The zero-order valence-corrected chi connectivity index (χ0v) is 18.7. The second kappa shape index (κ2) is 11.0. The molecule has 1 aliphatic carbocycles. The second-order valence-corrected chi connectivity index (χ2v) is 9.90. The molecule has 2 aromatic carbocycles. The summed E-state index contributed by atoms with van der Waals surface area (Å²) in [5.74, 6) is 2.30. The van der Waals surface area contributed by atoms with Gasteiger partial charge in [-0.15, -0.1) is 11.8 Å². The Hall–Kier alpha value is -1.78. The van der Waals surface area contributed by atoms with Crippen LogP contribution in [-0.2, 0) is 4.79 Å². The number of anilines is 1. The smallest absolute Gasteiger partial charge is 0.227 e. The molecular formula is C26H34N2OS. The van der Waals surface area contributed by atoms with Gasteiger partial charge in [-0.1, -0.05) is 36.8 Å². The third-order valence-corrected chi connectivity index (χ3v) is 7.39. The van der Waals surface area contributed by atoms with Crippen molar-refractivity contribution in [2.75, 3.05) is 30.7 Å². The van der Waals surface area contributed by atoms with Crippen LogP contribution in [0.15, 0.2) is 59.5 Å². The zero-order chi connectivity index (χ0) is 20.6. The molecule has 2 aliphatic rings. The topological polar surface area (TPSA) is 32.3 Å². The molecule has 1 saturated carbocycles. The lowest BCUT2D eigenvalue weighted by Crippen LogP contribution is -2.33. The number of hydrogen-bond acceptors (Lipinski definition) is 3. The van der Waals surface area contributed by atoms with Gasteiger partial charge in [-0.3, -0.25) is 4.79 Å². The number of thioether (sulfide) groups is 1. The van der Waals surface area contributed by atoms with Crippen LogP contribution in [0.1, 0.15) is 56.4 Å². The molecule has 3 nitrogen and oxygen atoms in total. The van der Waals surface area contributed by atoms with E-state index in [4.69, 9.17) is 0 Å². The fourth-order valence-corrected chi connectivity index (χ4v) is 5.20. The van der Waals surface area contributed by atoms with Crippen molar-refractivity contribution in [2.24, 2.45) is 5.92 Å². The van der Waals surface area contributed by atoms with Crippen LogP contribution < -0.4 is 5.32 Å². The normalized spacial score (nSPS) is 17.7. The van der Waals surface area contributed by atoms with Crippen molar-refractivity contribution >= 4 is 23.4 Å². The Kier molecular flexibility index (Phi) is 7.88. The highest BCUT2D eigenvalue weighted by Crippen LogP contribution is 2.32. The van der Waals surface area contributed by atoms with Crippen molar-refractivity contribution in [3.05, 3.63) is 60.2 Å². The standard InChI is InChI=1S/C26H34N2OS/c29-26(22-12-13-22)27-24-9-7-8-23(20-24)21-14-17-28(18-15-21)16-5-2-6-19-30-25-10-3-1-4-11-25/h1,3-4,7-11,20-22H,2,5-6,12-19H2,(H,27,29). The van der Waals surface area contributed by atoms with Crippen molar-refractivity contribution in [1.29, 1.82) is 0 Å². The number of hydrogen-bond donors (Lipinski definition) is 1. The lowest BCUT2D eigenvalue weighted by Gasteiger charge is -2.32. The van der Waals surface area contributed by atoms with Gasteiger partial charge in [-0.05, 0) is 99.7 Å². The second-order valence-electron chi connectivity index (χ2n) is 8.73. The van der Waals surface area contributed by atoms with Gasteiger partial charge in [0.1, 0.15) is 0 Å². The molecule has 0 aromatic heterocycles.